The lowest BCUT2D eigenvalue weighted by atomic mass is 10.3. The predicted octanol–water partition coefficient (Wildman–Crippen LogP) is 2.18. The molecule has 0 heterocycles. The Bertz CT molecular complexity index is 303. The molecule has 0 aromatic heterocycles. The molecular formula is C10H12BrNO. The molecule has 2 atom stereocenters. The fourth-order valence-electron chi connectivity index (χ4n) is 1.22. The Morgan fingerprint density at radius 2 is 2.31 bits per heavy atom. The fraction of sp³-hybridized carbons (Fsp3) is 0.400. The highest BCUT2D eigenvalue weighted by atomic mass is 79.9. The monoisotopic (exact) mass is 241 g/mol. The molecule has 1 fully saturated rings. The maximum atomic E-state index is 5.67. The number of hydrogen-bond donors (Lipinski definition) is 1. The predicted molar refractivity (Wildman–Crippen MR) is 55.7 cm³/mol. The first kappa shape index (κ1) is 9.03. The van der Waals surface area contributed by atoms with Crippen molar-refractivity contribution in [3.63, 3.8) is 0 Å². The first-order valence-electron chi connectivity index (χ1n) is 4.39. The third kappa shape index (κ3) is 2.45. The van der Waals surface area contributed by atoms with E-state index in [4.69, 9.17) is 10.5 Å². The maximum absolute atomic E-state index is 5.67. The SMILES string of the molecule is NC1CC1COc1cccc(Br)c1. The van der Waals surface area contributed by atoms with Crippen LogP contribution >= 0.6 is 15.9 Å². The summed E-state index contributed by atoms with van der Waals surface area (Å²) in [6.45, 7) is 0.748. The van der Waals surface area contributed by atoms with Gasteiger partial charge in [0.05, 0.1) is 6.61 Å². The van der Waals surface area contributed by atoms with E-state index in [0.717, 1.165) is 23.2 Å². The summed E-state index contributed by atoms with van der Waals surface area (Å²) in [6.07, 6.45) is 1.11. The molecule has 0 bridgehead atoms. The van der Waals surface area contributed by atoms with Crippen LogP contribution in [0.3, 0.4) is 0 Å². The highest BCUT2D eigenvalue weighted by Gasteiger charge is 2.33. The van der Waals surface area contributed by atoms with Crippen molar-refractivity contribution < 1.29 is 4.74 Å². The van der Waals surface area contributed by atoms with Gasteiger partial charge in [0.2, 0.25) is 0 Å². The van der Waals surface area contributed by atoms with E-state index in [1.807, 2.05) is 24.3 Å². The quantitative estimate of drug-likeness (QED) is 0.881. The third-order valence-corrected chi connectivity index (χ3v) is 2.73. The topological polar surface area (TPSA) is 35.2 Å². The first-order chi connectivity index (χ1) is 6.25. The van der Waals surface area contributed by atoms with E-state index in [1.165, 1.54) is 0 Å². The van der Waals surface area contributed by atoms with E-state index in [2.05, 4.69) is 15.9 Å². The van der Waals surface area contributed by atoms with Gasteiger partial charge < -0.3 is 10.5 Å². The summed E-state index contributed by atoms with van der Waals surface area (Å²) in [7, 11) is 0. The van der Waals surface area contributed by atoms with Crippen molar-refractivity contribution in [1.29, 1.82) is 0 Å². The lowest BCUT2D eigenvalue weighted by Gasteiger charge is -2.04. The van der Waals surface area contributed by atoms with Crippen molar-refractivity contribution in [3.8, 4) is 5.75 Å². The van der Waals surface area contributed by atoms with Crippen LogP contribution in [0.1, 0.15) is 6.42 Å². The molecule has 2 nitrogen and oxygen atoms in total. The van der Waals surface area contributed by atoms with E-state index in [1.54, 1.807) is 0 Å². The molecule has 1 aromatic rings. The van der Waals surface area contributed by atoms with E-state index in [9.17, 15) is 0 Å². The molecule has 0 amide bonds. The molecule has 0 spiro atoms. The minimum atomic E-state index is 0.368. The Morgan fingerprint density at radius 1 is 1.54 bits per heavy atom. The summed E-state index contributed by atoms with van der Waals surface area (Å²) in [5.74, 6) is 1.48. The molecule has 0 aliphatic heterocycles. The summed E-state index contributed by atoms with van der Waals surface area (Å²) in [5.41, 5.74) is 5.67. The van der Waals surface area contributed by atoms with Crippen LogP contribution in [0, 0.1) is 5.92 Å². The Labute approximate surface area is 86.2 Å². The Balaban J connectivity index is 1.87. The zero-order valence-electron chi connectivity index (χ0n) is 7.24. The van der Waals surface area contributed by atoms with Crippen molar-refractivity contribution in [2.24, 2.45) is 11.7 Å². The number of halogens is 1. The van der Waals surface area contributed by atoms with Gasteiger partial charge in [-0.15, -0.1) is 0 Å². The molecule has 3 heteroatoms. The van der Waals surface area contributed by atoms with Gasteiger partial charge >= 0.3 is 0 Å². The van der Waals surface area contributed by atoms with Crippen LogP contribution in [-0.2, 0) is 0 Å². The fourth-order valence-corrected chi connectivity index (χ4v) is 1.60. The maximum Gasteiger partial charge on any atom is 0.120 e. The van der Waals surface area contributed by atoms with E-state index in [0.29, 0.717) is 12.0 Å². The average Bonchev–Trinajstić information content (AvgIpc) is 2.79. The number of hydrogen-bond acceptors (Lipinski definition) is 2. The Hall–Kier alpha value is -0.540. The highest BCUT2D eigenvalue weighted by Crippen LogP contribution is 2.28. The van der Waals surface area contributed by atoms with Crippen molar-refractivity contribution in [1.82, 2.24) is 0 Å². The Kier molecular flexibility index (Phi) is 2.56. The molecule has 1 aromatic carbocycles. The summed E-state index contributed by atoms with van der Waals surface area (Å²) in [4.78, 5) is 0. The van der Waals surface area contributed by atoms with Gasteiger partial charge in [-0.2, -0.15) is 0 Å². The number of nitrogens with two attached hydrogens (primary N) is 1. The molecule has 1 aliphatic carbocycles. The minimum absolute atomic E-state index is 0.368. The molecule has 70 valence electrons. The summed E-state index contributed by atoms with van der Waals surface area (Å²) in [6, 6.07) is 8.24. The zero-order chi connectivity index (χ0) is 9.26. The van der Waals surface area contributed by atoms with Crippen molar-refractivity contribution >= 4 is 15.9 Å². The minimum Gasteiger partial charge on any atom is -0.493 e. The largest absolute Gasteiger partial charge is 0.493 e. The smallest absolute Gasteiger partial charge is 0.120 e. The molecule has 13 heavy (non-hydrogen) atoms. The summed E-state index contributed by atoms with van der Waals surface area (Å²) < 4.78 is 6.62. The number of rotatable bonds is 3. The molecule has 1 aliphatic rings. The molecule has 2 rings (SSSR count). The average molecular weight is 242 g/mol. The van der Waals surface area contributed by atoms with Gasteiger partial charge in [-0.1, -0.05) is 22.0 Å². The molecule has 1 saturated carbocycles. The molecule has 2 unspecified atom stereocenters. The summed E-state index contributed by atoms with van der Waals surface area (Å²) >= 11 is 3.39. The van der Waals surface area contributed by atoms with E-state index in [-0.39, 0.29) is 0 Å². The van der Waals surface area contributed by atoms with Gasteiger partial charge in [0.1, 0.15) is 5.75 Å². The van der Waals surface area contributed by atoms with Crippen molar-refractivity contribution in [2.45, 2.75) is 12.5 Å². The number of benzene rings is 1. The normalized spacial score (nSPS) is 25.7. The van der Waals surface area contributed by atoms with E-state index >= 15 is 0 Å². The number of ether oxygens (including phenoxy) is 1. The molecule has 0 saturated heterocycles. The second kappa shape index (κ2) is 3.68. The van der Waals surface area contributed by atoms with Gasteiger partial charge in [0, 0.05) is 16.4 Å². The van der Waals surface area contributed by atoms with Crippen LogP contribution in [0.4, 0.5) is 0 Å². The molecule has 0 radical (unpaired) electrons. The first-order valence-corrected chi connectivity index (χ1v) is 5.19. The standard InChI is InChI=1S/C10H12BrNO/c11-8-2-1-3-9(5-8)13-6-7-4-10(7)12/h1-3,5,7,10H,4,6,12H2. The Morgan fingerprint density at radius 3 is 2.92 bits per heavy atom. The van der Waals surface area contributed by atoms with Crippen molar-refractivity contribution in [2.75, 3.05) is 6.61 Å². The van der Waals surface area contributed by atoms with Crippen LogP contribution in [0.25, 0.3) is 0 Å². The van der Waals surface area contributed by atoms with Gasteiger partial charge in [0.15, 0.2) is 0 Å². The third-order valence-electron chi connectivity index (χ3n) is 2.24. The highest BCUT2D eigenvalue weighted by molar-refractivity contribution is 9.10. The van der Waals surface area contributed by atoms with Crippen LogP contribution in [0.5, 0.6) is 5.75 Å². The van der Waals surface area contributed by atoms with Crippen LogP contribution < -0.4 is 10.5 Å². The van der Waals surface area contributed by atoms with Gasteiger partial charge in [-0.25, -0.2) is 0 Å². The van der Waals surface area contributed by atoms with E-state index < -0.39 is 0 Å². The lowest BCUT2D eigenvalue weighted by molar-refractivity contribution is 0.297. The lowest BCUT2D eigenvalue weighted by Crippen LogP contribution is -2.08. The van der Waals surface area contributed by atoms with Crippen LogP contribution in [-0.4, -0.2) is 12.6 Å². The van der Waals surface area contributed by atoms with Crippen molar-refractivity contribution in [3.05, 3.63) is 28.7 Å². The summed E-state index contributed by atoms with van der Waals surface area (Å²) in [5, 5.41) is 0. The van der Waals surface area contributed by atoms with Gasteiger partial charge in [-0.3, -0.25) is 0 Å². The zero-order valence-corrected chi connectivity index (χ0v) is 8.83. The van der Waals surface area contributed by atoms with Gasteiger partial charge in [0.25, 0.3) is 0 Å². The second-order valence-corrected chi connectivity index (χ2v) is 4.34. The van der Waals surface area contributed by atoms with Crippen LogP contribution in [0.2, 0.25) is 0 Å². The van der Waals surface area contributed by atoms with Gasteiger partial charge in [-0.05, 0) is 24.6 Å². The molecular weight excluding hydrogens is 230 g/mol. The van der Waals surface area contributed by atoms with Crippen LogP contribution in [0.15, 0.2) is 28.7 Å². The second-order valence-electron chi connectivity index (χ2n) is 3.43. The molecule has 2 N–H and O–H groups in total.